The number of anilines is 1. The van der Waals surface area contributed by atoms with Crippen LogP contribution in [0.4, 0.5) is 5.69 Å². The van der Waals surface area contributed by atoms with Crippen LogP contribution in [0.15, 0.2) is 24.5 Å². The number of carboxylic acid groups (broad SMARTS) is 1. The van der Waals surface area contributed by atoms with E-state index in [4.69, 9.17) is 4.74 Å². The summed E-state index contributed by atoms with van der Waals surface area (Å²) in [4.78, 5) is 20.6. The van der Waals surface area contributed by atoms with Crippen molar-refractivity contribution in [1.29, 1.82) is 0 Å². The van der Waals surface area contributed by atoms with E-state index in [-0.39, 0.29) is 5.92 Å². The minimum absolute atomic E-state index is 0.130. The van der Waals surface area contributed by atoms with E-state index in [0.29, 0.717) is 12.2 Å². The molecule has 7 nitrogen and oxygen atoms in total. The molecule has 7 heteroatoms. The van der Waals surface area contributed by atoms with Crippen LogP contribution in [0.25, 0.3) is 0 Å². The quantitative estimate of drug-likeness (QED) is 0.706. The van der Waals surface area contributed by atoms with Crippen LogP contribution in [0, 0.1) is 5.92 Å². The molecule has 0 bridgehead atoms. The standard InChI is InChI=1S/C21H34N4O3/c1-3-12-24-13-14-25(15-19(24)23-17-8-10-22-11-9-17)18-6-4-16(5-7-18)20(28-2)21(26)27/h8-11,16,18-20H,3-7,12-15H2,1-2H3,(H,22,23)(H,26,27). The average Bonchev–Trinajstić information content (AvgIpc) is 2.71. The minimum atomic E-state index is -0.833. The molecule has 2 N–H and O–H groups in total. The van der Waals surface area contributed by atoms with Crippen LogP contribution in [0.1, 0.15) is 39.0 Å². The second kappa shape index (κ2) is 10.2. The van der Waals surface area contributed by atoms with Gasteiger partial charge in [-0.3, -0.25) is 14.8 Å². The van der Waals surface area contributed by atoms with Gasteiger partial charge in [-0.1, -0.05) is 6.92 Å². The van der Waals surface area contributed by atoms with Gasteiger partial charge in [0.05, 0.1) is 6.17 Å². The third-order valence-corrected chi connectivity index (χ3v) is 6.23. The summed E-state index contributed by atoms with van der Waals surface area (Å²) in [5, 5.41) is 13.0. The number of pyridine rings is 1. The predicted molar refractivity (Wildman–Crippen MR) is 109 cm³/mol. The van der Waals surface area contributed by atoms with Crippen LogP contribution in [-0.4, -0.2) is 77.5 Å². The highest BCUT2D eigenvalue weighted by atomic mass is 16.5. The maximum atomic E-state index is 11.4. The van der Waals surface area contributed by atoms with Gasteiger partial charge in [-0.05, 0) is 56.7 Å². The van der Waals surface area contributed by atoms with Crippen molar-refractivity contribution in [2.75, 3.05) is 38.6 Å². The lowest BCUT2D eigenvalue weighted by Crippen LogP contribution is -2.59. The van der Waals surface area contributed by atoms with Gasteiger partial charge < -0.3 is 15.2 Å². The molecule has 2 fully saturated rings. The number of aliphatic carboxylic acids is 1. The zero-order chi connectivity index (χ0) is 19.9. The van der Waals surface area contributed by atoms with Crippen molar-refractivity contribution in [1.82, 2.24) is 14.8 Å². The van der Waals surface area contributed by atoms with Gasteiger partial charge in [0.25, 0.3) is 0 Å². The SMILES string of the molecule is CCCN1CCN(C2CCC(C(OC)C(=O)O)CC2)CC1Nc1ccncc1. The lowest BCUT2D eigenvalue weighted by molar-refractivity contribution is -0.153. The number of aromatic nitrogens is 1. The maximum absolute atomic E-state index is 11.4. The lowest BCUT2D eigenvalue weighted by Gasteiger charge is -2.46. The van der Waals surface area contributed by atoms with E-state index < -0.39 is 12.1 Å². The number of carboxylic acids is 1. The van der Waals surface area contributed by atoms with E-state index in [2.05, 4.69) is 27.0 Å². The van der Waals surface area contributed by atoms with Crippen LogP contribution >= 0.6 is 0 Å². The average molecular weight is 391 g/mol. The lowest BCUT2D eigenvalue weighted by atomic mass is 9.81. The molecule has 1 aromatic heterocycles. The van der Waals surface area contributed by atoms with Gasteiger partial charge in [0.1, 0.15) is 0 Å². The summed E-state index contributed by atoms with van der Waals surface area (Å²) in [7, 11) is 1.51. The molecule has 28 heavy (non-hydrogen) atoms. The highest BCUT2D eigenvalue weighted by Crippen LogP contribution is 2.32. The number of nitrogens with zero attached hydrogens (tertiary/aromatic N) is 3. The smallest absolute Gasteiger partial charge is 0.333 e. The van der Waals surface area contributed by atoms with Crippen LogP contribution in [0.5, 0.6) is 0 Å². The monoisotopic (exact) mass is 390 g/mol. The van der Waals surface area contributed by atoms with E-state index in [0.717, 1.165) is 64.0 Å². The second-order valence-electron chi connectivity index (χ2n) is 7.99. The molecule has 3 rings (SSSR count). The van der Waals surface area contributed by atoms with Crippen LogP contribution in [0.2, 0.25) is 0 Å². The molecular formula is C21H34N4O3. The Morgan fingerprint density at radius 3 is 2.61 bits per heavy atom. The first-order valence-corrected chi connectivity index (χ1v) is 10.5. The molecule has 2 aliphatic rings. The molecule has 156 valence electrons. The van der Waals surface area contributed by atoms with Crippen molar-refractivity contribution in [3.05, 3.63) is 24.5 Å². The zero-order valence-electron chi connectivity index (χ0n) is 17.1. The number of nitrogens with one attached hydrogen (secondary N) is 1. The highest BCUT2D eigenvalue weighted by molar-refractivity contribution is 5.72. The van der Waals surface area contributed by atoms with Crippen molar-refractivity contribution in [2.24, 2.45) is 5.92 Å². The number of ether oxygens (including phenoxy) is 1. The zero-order valence-corrected chi connectivity index (χ0v) is 17.1. The van der Waals surface area contributed by atoms with E-state index in [9.17, 15) is 9.90 Å². The number of methoxy groups -OCH3 is 1. The fourth-order valence-corrected chi connectivity index (χ4v) is 4.77. The fourth-order valence-electron chi connectivity index (χ4n) is 4.77. The number of hydrogen-bond acceptors (Lipinski definition) is 6. The number of piperazine rings is 1. The Kier molecular flexibility index (Phi) is 7.65. The first-order chi connectivity index (χ1) is 13.6. The summed E-state index contributed by atoms with van der Waals surface area (Å²) in [5.41, 5.74) is 1.11. The minimum Gasteiger partial charge on any atom is -0.479 e. The van der Waals surface area contributed by atoms with Gasteiger partial charge in [0.15, 0.2) is 6.10 Å². The summed E-state index contributed by atoms with van der Waals surface area (Å²) in [5.74, 6) is -0.702. The van der Waals surface area contributed by atoms with E-state index in [1.807, 2.05) is 24.5 Å². The number of rotatable bonds is 8. The Balaban J connectivity index is 1.58. The van der Waals surface area contributed by atoms with Crippen LogP contribution < -0.4 is 5.32 Å². The molecule has 1 saturated heterocycles. The summed E-state index contributed by atoms with van der Waals surface area (Å²) >= 11 is 0. The summed E-state index contributed by atoms with van der Waals surface area (Å²) < 4.78 is 5.22. The summed E-state index contributed by atoms with van der Waals surface area (Å²) in [6.07, 6.45) is 8.36. The Morgan fingerprint density at radius 2 is 2.00 bits per heavy atom. The molecule has 1 saturated carbocycles. The van der Waals surface area contributed by atoms with Gasteiger partial charge >= 0.3 is 5.97 Å². The molecule has 1 aliphatic carbocycles. The van der Waals surface area contributed by atoms with Crippen molar-refractivity contribution in [2.45, 2.75) is 57.3 Å². The van der Waals surface area contributed by atoms with E-state index in [1.54, 1.807) is 0 Å². The predicted octanol–water partition coefficient (Wildman–Crippen LogP) is 2.51. The molecule has 1 aromatic rings. The summed E-state index contributed by atoms with van der Waals surface area (Å²) in [6, 6.07) is 4.57. The van der Waals surface area contributed by atoms with Gasteiger partial charge in [-0.2, -0.15) is 0 Å². The molecule has 1 aliphatic heterocycles. The summed E-state index contributed by atoms with van der Waals surface area (Å²) in [6.45, 7) is 6.45. The molecule has 0 amide bonds. The van der Waals surface area contributed by atoms with E-state index in [1.165, 1.54) is 7.11 Å². The van der Waals surface area contributed by atoms with Crippen molar-refractivity contribution in [3.8, 4) is 0 Å². The third kappa shape index (κ3) is 5.21. The van der Waals surface area contributed by atoms with Gasteiger partial charge in [-0.15, -0.1) is 0 Å². The second-order valence-corrected chi connectivity index (χ2v) is 7.99. The molecule has 0 radical (unpaired) electrons. The first kappa shape index (κ1) is 21.0. The van der Waals surface area contributed by atoms with Crippen molar-refractivity contribution in [3.63, 3.8) is 0 Å². The number of hydrogen-bond donors (Lipinski definition) is 2. The molecule has 2 heterocycles. The van der Waals surface area contributed by atoms with Gasteiger partial charge in [0.2, 0.25) is 0 Å². The normalized spacial score (nSPS) is 28.0. The maximum Gasteiger partial charge on any atom is 0.333 e. The molecule has 2 unspecified atom stereocenters. The van der Waals surface area contributed by atoms with Crippen molar-refractivity contribution >= 4 is 11.7 Å². The Labute approximate surface area is 168 Å². The van der Waals surface area contributed by atoms with Crippen LogP contribution in [-0.2, 0) is 9.53 Å². The molecular weight excluding hydrogens is 356 g/mol. The Morgan fingerprint density at radius 1 is 1.29 bits per heavy atom. The molecule has 0 aromatic carbocycles. The molecule has 0 spiro atoms. The Hall–Kier alpha value is -1.70. The van der Waals surface area contributed by atoms with Gasteiger partial charge in [-0.25, -0.2) is 4.79 Å². The van der Waals surface area contributed by atoms with Gasteiger partial charge in [0, 0.05) is 50.9 Å². The van der Waals surface area contributed by atoms with Crippen LogP contribution in [0.3, 0.4) is 0 Å². The Bertz CT molecular complexity index is 607. The fraction of sp³-hybridized carbons (Fsp3) is 0.714. The highest BCUT2D eigenvalue weighted by Gasteiger charge is 2.36. The third-order valence-electron chi connectivity index (χ3n) is 6.23. The van der Waals surface area contributed by atoms with Crippen molar-refractivity contribution < 1.29 is 14.6 Å². The molecule has 2 atom stereocenters. The first-order valence-electron chi connectivity index (χ1n) is 10.5. The largest absolute Gasteiger partial charge is 0.479 e. The number of carbonyl (C=O) groups is 1. The van der Waals surface area contributed by atoms with E-state index >= 15 is 0 Å². The topological polar surface area (TPSA) is 77.9 Å².